The van der Waals surface area contributed by atoms with Crippen molar-refractivity contribution in [2.45, 2.75) is 50.9 Å². The molecule has 7 heteroatoms. The van der Waals surface area contributed by atoms with Crippen LogP contribution in [0.15, 0.2) is 42.5 Å². The van der Waals surface area contributed by atoms with E-state index < -0.39 is 5.97 Å². The number of benzene rings is 1. The molecule has 0 aliphatic carbocycles. The molecule has 0 spiro atoms. The van der Waals surface area contributed by atoms with Gasteiger partial charge in [0.15, 0.2) is 0 Å². The van der Waals surface area contributed by atoms with E-state index in [1.54, 1.807) is 12.1 Å². The molecule has 2 aromatic heterocycles. The summed E-state index contributed by atoms with van der Waals surface area (Å²) in [7, 11) is 0. The second-order valence-electron chi connectivity index (χ2n) is 8.13. The highest BCUT2D eigenvalue weighted by Crippen LogP contribution is 2.25. The maximum absolute atomic E-state index is 13.6. The Hall–Kier alpha value is -3.22. The number of H-pyrrole nitrogens is 1. The SMILES string of the molecule is O=C(O)CC(Cc1cc(CCCc2ccc3c(n2)NCCC3)n[nH]1)c1cccc(F)c1. The van der Waals surface area contributed by atoms with E-state index in [0.29, 0.717) is 12.0 Å². The number of aryl methyl sites for hydroxylation is 3. The van der Waals surface area contributed by atoms with Gasteiger partial charge in [0.05, 0.1) is 12.1 Å². The maximum atomic E-state index is 13.6. The first kappa shape index (κ1) is 21.0. The number of nitrogens with one attached hydrogen (secondary N) is 2. The number of fused-ring (bicyclic) bond motifs is 1. The fourth-order valence-corrected chi connectivity index (χ4v) is 4.15. The lowest BCUT2D eigenvalue weighted by molar-refractivity contribution is -0.137. The summed E-state index contributed by atoms with van der Waals surface area (Å²) in [5, 5.41) is 20.0. The zero-order valence-electron chi connectivity index (χ0n) is 17.4. The zero-order valence-corrected chi connectivity index (χ0v) is 17.4. The first-order valence-electron chi connectivity index (χ1n) is 10.8. The average Bonchev–Trinajstić information content (AvgIpc) is 3.20. The molecule has 3 heterocycles. The Kier molecular flexibility index (Phi) is 6.60. The summed E-state index contributed by atoms with van der Waals surface area (Å²) in [5.41, 5.74) is 4.87. The van der Waals surface area contributed by atoms with Crippen LogP contribution in [-0.4, -0.2) is 32.8 Å². The van der Waals surface area contributed by atoms with Gasteiger partial charge in [-0.05, 0) is 79.8 Å². The molecule has 1 unspecified atom stereocenters. The van der Waals surface area contributed by atoms with E-state index in [-0.39, 0.29) is 18.2 Å². The number of nitrogens with zero attached hydrogens (tertiary/aromatic N) is 2. The van der Waals surface area contributed by atoms with Crippen LogP contribution in [0.25, 0.3) is 0 Å². The first-order chi connectivity index (χ1) is 15.1. The third-order valence-corrected chi connectivity index (χ3v) is 5.71. The lowest BCUT2D eigenvalue weighted by atomic mass is 9.91. The van der Waals surface area contributed by atoms with Gasteiger partial charge in [-0.3, -0.25) is 9.89 Å². The number of hydrogen-bond acceptors (Lipinski definition) is 4. The number of aliphatic carboxylic acids is 1. The summed E-state index contributed by atoms with van der Waals surface area (Å²) >= 11 is 0. The standard InChI is InChI=1S/C24H27FN4O2/c25-19-6-1-4-17(12-19)18(14-23(30)31)13-22-15-21(28-29-22)8-2-7-20-10-9-16-5-3-11-26-24(16)27-20/h1,4,6,9-10,12,15,18H,2-3,5,7-8,11,13-14H2,(H,26,27)(H,28,29)(H,30,31). The van der Waals surface area contributed by atoms with Crippen molar-refractivity contribution in [3.63, 3.8) is 0 Å². The molecule has 6 nitrogen and oxygen atoms in total. The Morgan fingerprint density at radius 2 is 2.03 bits per heavy atom. The van der Waals surface area contributed by atoms with Crippen LogP contribution < -0.4 is 5.32 Å². The molecule has 1 aliphatic heterocycles. The van der Waals surface area contributed by atoms with Crippen molar-refractivity contribution in [1.82, 2.24) is 15.2 Å². The molecule has 0 amide bonds. The topological polar surface area (TPSA) is 90.9 Å². The number of aromatic nitrogens is 3. The highest BCUT2D eigenvalue weighted by atomic mass is 19.1. The molecule has 31 heavy (non-hydrogen) atoms. The summed E-state index contributed by atoms with van der Waals surface area (Å²) in [4.78, 5) is 16.0. The molecule has 3 N–H and O–H groups in total. The summed E-state index contributed by atoms with van der Waals surface area (Å²) in [6.45, 7) is 0.984. The van der Waals surface area contributed by atoms with Crippen LogP contribution in [0, 0.1) is 5.82 Å². The second kappa shape index (κ2) is 9.73. The summed E-state index contributed by atoms with van der Waals surface area (Å²) in [5.74, 6) is -0.550. The van der Waals surface area contributed by atoms with E-state index in [0.717, 1.165) is 61.5 Å². The van der Waals surface area contributed by atoms with Gasteiger partial charge in [-0.15, -0.1) is 0 Å². The Bertz CT molecular complexity index is 1050. The summed E-state index contributed by atoms with van der Waals surface area (Å²) < 4.78 is 13.6. The molecule has 0 saturated heterocycles. The second-order valence-corrected chi connectivity index (χ2v) is 8.13. The Labute approximate surface area is 180 Å². The minimum atomic E-state index is -0.902. The van der Waals surface area contributed by atoms with Crippen LogP contribution in [0.5, 0.6) is 0 Å². The number of hydrogen-bond donors (Lipinski definition) is 3. The molecule has 162 valence electrons. The van der Waals surface area contributed by atoms with Gasteiger partial charge < -0.3 is 10.4 Å². The zero-order chi connectivity index (χ0) is 21.6. The minimum absolute atomic E-state index is 0.0597. The van der Waals surface area contributed by atoms with Crippen molar-refractivity contribution in [3.05, 3.63) is 76.5 Å². The number of halogens is 1. The molecule has 0 fully saturated rings. The normalized spacial score (nSPS) is 14.0. The number of carboxylic acids is 1. The predicted octanol–water partition coefficient (Wildman–Crippen LogP) is 4.28. The Morgan fingerprint density at radius 3 is 2.87 bits per heavy atom. The van der Waals surface area contributed by atoms with Crippen molar-refractivity contribution in [1.29, 1.82) is 0 Å². The monoisotopic (exact) mass is 422 g/mol. The quantitative estimate of drug-likeness (QED) is 0.479. The highest BCUT2D eigenvalue weighted by Gasteiger charge is 2.18. The third-order valence-electron chi connectivity index (χ3n) is 5.71. The molecular weight excluding hydrogens is 395 g/mol. The molecular formula is C24H27FN4O2. The highest BCUT2D eigenvalue weighted by molar-refractivity contribution is 5.68. The lowest BCUT2D eigenvalue weighted by Gasteiger charge is -2.17. The van der Waals surface area contributed by atoms with Gasteiger partial charge in [0.25, 0.3) is 0 Å². The van der Waals surface area contributed by atoms with E-state index in [4.69, 9.17) is 4.98 Å². The van der Waals surface area contributed by atoms with Gasteiger partial charge in [-0.1, -0.05) is 18.2 Å². The van der Waals surface area contributed by atoms with Crippen molar-refractivity contribution in [2.24, 2.45) is 0 Å². The lowest BCUT2D eigenvalue weighted by Crippen LogP contribution is -2.14. The van der Waals surface area contributed by atoms with E-state index in [9.17, 15) is 14.3 Å². The minimum Gasteiger partial charge on any atom is -0.481 e. The molecule has 0 bridgehead atoms. The van der Waals surface area contributed by atoms with Gasteiger partial charge in [0.2, 0.25) is 0 Å². The van der Waals surface area contributed by atoms with E-state index in [1.165, 1.54) is 17.7 Å². The molecule has 4 rings (SSSR count). The van der Waals surface area contributed by atoms with Crippen molar-refractivity contribution < 1.29 is 14.3 Å². The number of carboxylic acid groups (broad SMARTS) is 1. The van der Waals surface area contributed by atoms with Crippen LogP contribution in [0.2, 0.25) is 0 Å². The number of anilines is 1. The molecule has 0 saturated carbocycles. The van der Waals surface area contributed by atoms with Crippen LogP contribution in [0.1, 0.15) is 53.4 Å². The van der Waals surface area contributed by atoms with Gasteiger partial charge in [-0.25, -0.2) is 9.37 Å². The molecule has 1 atom stereocenters. The van der Waals surface area contributed by atoms with Crippen LogP contribution in [-0.2, 0) is 30.5 Å². The van der Waals surface area contributed by atoms with Gasteiger partial charge in [-0.2, -0.15) is 5.10 Å². The van der Waals surface area contributed by atoms with E-state index >= 15 is 0 Å². The number of rotatable bonds is 9. The van der Waals surface area contributed by atoms with Crippen molar-refractivity contribution in [3.8, 4) is 0 Å². The molecule has 1 aliphatic rings. The molecule has 0 radical (unpaired) electrons. The molecule has 1 aromatic carbocycles. The number of aromatic amines is 1. The van der Waals surface area contributed by atoms with Crippen LogP contribution in [0.3, 0.4) is 0 Å². The van der Waals surface area contributed by atoms with Crippen molar-refractivity contribution >= 4 is 11.8 Å². The number of carbonyl (C=O) groups is 1. The van der Waals surface area contributed by atoms with E-state index in [1.807, 2.05) is 6.07 Å². The Balaban J connectivity index is 1.34. The Morgan fingerprint density at radius 1 is 1.16 bits per heavy atom. The third kappa shape index (κ3) is 5.69. The van der Waals surface area contributed by atoms with Gasteiger partial charge >= 0.3 is 5.97 Å². The van der Waals surface area contributed by atoms with Gasteiger partial charge in [0.1, 0.15) is 11.6 Å². The van der Waals surface area contributed by atoms with Crippen LogP contribution >= 0.6 is 0 Å². The number of pyridine rings is 1. The van der Waals surface area contributed by atoms with Crippen LogP contribution in [0.4, 0.5) is 10.2 Å². The largest absolute Gasteiger partial charge is 0.481 e. The van der Waals surface area contributed by atoms with E-state index in [2.05, 4.69) is 27.6 Å². The predicted molar refractivity (Wildman–Crippen MR) is 117 cm³/mol. The average molecular weight is 423 g/mol. The summed E-state index contributed by atoms with van der Waals surface area (Å²) in [6, 6.07) is 12.4. The van der Waals surface area contributed by atoms with Crippen molar-refractivity contribution in [2.75, 3.05) is 11.9 Å². The summed E-state index contributed by atoms with van der Waals surface area (Å²) in [6.07, 6.45) is 5.27. The molecule has 3 aromatic rings. The fraction of sp³-hybridized carbons (Fsp3) is 0.375. The first-order valence-corrected chi connectivity index (χ1v) is 10.8. The smallest absolute Gasteiger partial charge is 0.303 e. The maximum Gasteiger partial charge on any atom is 0.303 e. The van der Waals surface area contributed by atoms with Gasteiger partial charge in [0, 0.05) is 17.9 Å². The fourth-order valence-electron chi connectivity index (χ4n) is 4.15.